The van der Waals surface area contributed by atoms with E-state index >= 15 is 0 Å². The first kappa shape index (κ1) is 15.3. The van der Waals surface area contributed by atoms with E-state index in [-0.39, 0.29) is 0 Å². The van der Waals surface area contributed by atoms with E-state index in [1.165, 1.54) is 38.8 Å². The lowest BCUT2D eigenvalue weighted by molar-refractivity contribution is 0.0989. The Hall–Kier alpha value is -0.120. The maximum Gasteiger partial charge on any atom is 0.0252 e. The molecular formula is C16H33N3. The molecule has 0 aromatic rings. The Labute approximate surface area is 119 Å². The molecule has 0 amide bonds. The molecule has 1 heterocycles. The van der Waals surface area contributed by atoms with Gasteiger partial charge in [0.25, 0.3) is 0 Å². The first-order valence-electron chi connectivity index (χ1n) is 8.10. The second-order valence-electron chi connectivity index (χ2n) is 7.18. The summed E-state index contributed by atoms with van der Waals surface area (Å²) in [6.45, 7) is 7.35. The van der Waals surface area contributed by atoms with Crippen molar-refractivity contribution in [3.05, 3.63) is 0 Å². The predicted molar refractivity (Wildman–Crippen MR) is 82.5 cm³/mol. The highest BCUT2D eigenvalue weighted by atomic mass is 15.3. The zero-order valence-electron chi connectivity index (χ0n) is 13.5. The van der Waals surface area contributed by atoms with Crippen molar-refractivity contribution in [2.45, 2.75) is 57.7 Å². The molecule has 2 fully saturated rings. The van der Waals surface area contributed by atoms with E-state index in [2.05, 4.69) is 50.1 Å². The average molecular weight is 267 g/mol. The van der Waals surface area contributed by atoms with Crippen LogP contribution in [0.3, 0.4) is 0 Å². The van der Waals surface area contributed by atoms with Gasteiger partial charge < -0.3 is 10.2 Å². The summed E-state index contributed by atoms with van der Waals surface area (Å²) in [5.74, 6) is 1.76. The number of nitrogens with zero attached hydrogens (tertiary/aromatic N) is 2. The van der Waals surface area contributed by atoms with Crippen LogP contribution in [-0.4, -0.2) is 62.2 Å². The van der Waals surface area contributed by atoms with Gasteiger partial charge in [-0.3, -0.25) is 4.90 Å². The lowest BCUT2D eigenvalue weighted by Gasteiger charge is -2.42. The van der Waals surface area contributed by atoms with Crippen LogP contribution in [0.15, 0.2) is 0 Å². The first-order valence-corrected chi connectivity index (χ1v) is 8.10. The Balaban J connectivity index is 1.99. The molecule has 0 aromatic heterocycles. The normalized spacial score (nSPS) is 37.4. The minimum atomic E-state index is 0.705. The van der Waals surface area contributed by atoms with E-state index in [1.54, 1.807) is 0 Å². The maximum absolute atomic E-state index is 3.58. The second-order valence-corrected chi connectivity index (χ2v) is 7.18. The molecule has 4 atom stereocenters. The monoisotopic (exact) mass is 267 g/mol. The molecule has 0 radical (unpaired) electrons. The van der Waals surface area contributed by atoms with Crippen molar-refractivity contribution in [2.75, 3.05) is 34.2 Å². The number of likely N-dealkylation sites (tertiary alicyclic amines) is 1. The quantitative estimate of drug-likeness (QED) is 0.841. The van der Waals surface area contributed by atoms with Gasteiger partial charge in [-0.2, -0.15) is 0 Å². The summed E-state index contributed by atoms with van der Waals surface area (Å²) in [6, 6.07) is 2.23. The summed E-state index contributed by atoms with van der Waals surface area (Å²) >= 11 is 0. The Morgan fingerprint density at radius 1 is 1.16 bits per heavy atom. The van der Waals surface area contributed by atoms with Crippen LogP contribution in [0.1, 0.15) is 39.5 Å². The highest BCUT2D eigenvalue weighted by molar-refractivity contribution is 4.95. The summed E-state index contributed by atoms with van der Waals surface area (Å²) in [4.78, 5) is 5.16. The van der Waals surface area contributed by atoms with Gasteiger partial charge in [0.1, 0.15) is 0 Å². The molecule has 0 aromatic carbocycles. The highest BCUT2D eigenvalue weighted by Crippen LogP contribution is 2.34. The average Bonchev–Trinajstić information content (AvgIpc) is 2.87. The van der Waals surface area contributed by atoms with E-state index < -0.39 is 0 Å². The molecule has 19 heavy (non-hydrogen) atoms. The smallest absolute Gasteiger partial charge is 0.0252 e. The van der Waals surface area contributed by atoms with Crippen molar-refractivity contribution in [2.24, 2.45) is 11.8 Å². The molecular weight excluding hydrogens is 234 g/mol. The van der Waals surface area contributed by atoms with Gasteiger partial charge in [0, 0.05) is 31.2 Å². The molecule has 1 N–H and O–H groups in total. The Morgan fingerprint density at radius 3 is 2.42 bits per heavy atom. The highest BCUT2D eigenvalue weighted by Gasteiger charge is 2.37. The van der Waals surface area contributed by atoms with Gasteiger partial charge >= 0.3 is 0 Å². The molecule has 2 aliphatic rings. The van der Waals surface area contributed by atoms with Crippen LogP contribution in [0.5, 0.6) is 0 Å². The van der Waals surface area contributed by atoms with Crippen LogP contribution in [0, 0.1) is 11.8 Å². The molecule has 1 aliphatic heterocycles. The third-order valence-electron chi connectivity index (χ3n) is 5.56. The van der Waals surface area contributed by atoms with E-state index in [1.807, 2.05) is 0 Å². The summed E-state index contributed by atoms with van der Waals surface area (Å²) in [7, 11) is 6.59. The molecule has 0 spiro atoms. The van der Waals surface area contributed by atoms with Crippen LogP contribution >= 0.6 is 0 Å². The minimum absolute atomic E-state index is 0.705. The van der Waals surface area contributed by atoms with Gasteiger partial charge in [-0.15, -0.1) is 0 Å². The van der Waals surface area contributed by atoms with Gasteiger partial charge in [-0.25, -0.2) is 0 Å². The molecule has 2 rings (SSSR count). The molecule has 3 heteroatoms. The van der Waals surface area contributed by atoms with Crippen molar-refractivity contribution in [1.82, 2.24) is 15.1 Å². The van der Waals surface area contributed by atoms with E-state index in [0.717, 1.165) is 23.9 Å². The van der Waals surface area contributed by atoms with Gasteiger partial charge in [0.2, 0.25) is 0 Å². The van der Waals surface area contributed by atoms with Crippen LogP contribution in [0.25, 0.3) is 0 Å². The molecule has 1 aliphatic carbocycles. The molecule has 3 nitrogen and oxygen atoms in total. The topological polar surface area (TPSA) is 18.5 Å². The number of nitrogens with one attached hydrogen (secondary N) is 1. The Bertz CT molecular complexity index is 277. The molecule has 1 saturated carbocycles. The van der Waals surface area contributed by atoms with Gasteiger partial charge in [-0.1, -0.05) is 13.8 Å². The van der Waals surface area contributed by atoms with Gasteiger partial charge in [-0.05, 0) is 58.7 Å². The Morgan fingerprint density at radius 2 is 1.89 bits per heavy atom. The van der Waals surface area contributed by atoms with E-state index in [4.69, 9.17) is 0 Å². The van der Waals surface area contributed by atoms with E-state index in [9.17, 15) is 0 Å². The largest absolute Gasteiger partial charge is 0.315 e. The summed E-state index contributed by atoms with van der Waals surface area (Å²) in [5.41, 5.74) is 0. The fourth-order valence-electron chi connectivity index (χ4n) is 4.01. The predicted octanol–water partition coefficient (Wildman–Crippen LogP) is 2.04. The summed E-state index contributed by atoms with van der Waals surface area (Å²) in [5, 5.41) is 3.58. The van der Waals surface area contributed by atoms with Crippen LogP contribution in [0.4, 0.5) is 0 Å². The molecule has 1 saturated heterocycles. The third kappa shape index (κ3) is 3.50. The SMILES string of the molecule is CNC1CCC(C(C)C)CC1N1CCC(N(C)C)C1. The summed E-state index contributed by atoms with van der Waals surface area (Å²) < 4.78 is 0. The van der Waals surface area contributed by atoms with Gasteiger partial charge in [0.15, 0.2) is 0 Å². The number of hydrogen-bond donors (Lipinski definition) is 1. The Kier molecular flexibility index (Phi) is 5.27. The van der Waals surface area contributed by atoms with E-state index in [0.29, 0.717) is 6.04 Å². The van der Waals surface area contributed by atoms with Crippen molar-refractivity contribution in [1.29, 1.82) is 0 Å². The lowest BCUT2D eigenvalue weighted by Crippen LogP contribution is -2.52. The standard InChI is InChI=1S/C16H33N3/c1-12(2)13-6-7-15(17-3)16(10-13)19-9-8-14(11-19)18(4)5/h12-17H,6-11H2,1-5H3. The minimum Gasteiger partial charge on any atom is -0.315 e. The first-order chi connectivity index (χ1) is 9.02. The van der Waals surface area contributed by atoms with Crippen LogP contribution in [0.2, 0.25) is 0 Å². The fourth-order valence-corrected chi connectivity index (χ4v) is 4.01. The number of rotatable bonds is 4. The fraction of sp³-hybridized carbons (Fsp3) is 1.00. The van der Waals surface area contributed by atoms with Crippen LogP contribution < -0.4 is 5.32 Å². The van der Waals surface area contributed by atoms with Crippen molar-refractivity contribution < 1.29 is 0 Å². The van der Waals surface area contributed by atoms with Crippen molar-refractivity contribution in [3.8, 4) is 0 Å². The van der Waals surface area contributed by atoms with Crippen LogP contribution in [-0.2, 0) is 0 Å². The van der Waals surface area contributed by atoms with Crippen molar-refractivity contribution in [3.63, 3.8) is 0 Å². The number of hydrogen-bond acceptors (Lipinski definition) is 3. The number of likely N-dealkylation sites (N-methyl/N-ethyl adjacent to an activating group) is 2. The molecule has 4 unspecified atom stereocenters. The lowest BCUT2D eigenvalue weighted by atomic mass is 9.76. The second kappa shape index (κ2) is 6.55. The zero-order valence-corrected chi connectivity index (χ0v) is 13.5. The molecule has 112 valence electrons. The van der Waals surface area contributed by atoms with Gasteiger partial charge in [0.05, 0.1) is 0 Å². The maximum atomic E-state index is 3.58. The molecule has 0 bridgehead atoms. The zero-order chi connectivity index (χ0) is 14.0. The summed E-state index contributed by atoms with van der Waals surface area (Å²) in [6.07, 6.45) is 5.49. The van der Waals surface area contributed by atoms with Crippen molar-refractivity contribution >= 4 is 0 Å². The third-order valence-corrected chi connectivity index (χ3v) is 5.56.